The normalized spacial score (nSPS) is 22.1. The van der Waals surface area contributed by atoms with E-state index in [0.717, 1.165) is 13.0 Å². The van der Waals surface area contributed by atoms with Gasteiger partial charge in [-0.15, -0.1) is 0 Å². The van der Waals surface area contributed by atoms with Gasteiger partial charge in [-0.1, -0.05) is 18.2 Å². The highest BCUT2D eigenvalue weighted by atomic mass is 32.2. The molecule has 1 N–H and O–H groups in total. The lowest BCUT2D eigenvalue weighted by molar-refractivity contribution is 0.0652. The molecule has 0 fully saturated rings. The molecule has 0 saturated carbocycles. The van der Waals surface area contributed by atoms with Crippen molar-refractivity contribution in [2.45, 2.75) is 23.3 Å². The van der Waals surface area contributed by atoms with Crippen molar-refractivity contribution in [3.8, 4) is 0 Å². The molecule has 0 aliphatic carbocycles. The summed E-state index contributed by atoms with van der Waals surface area (Å²) >= 11 is 1.31. The lowest BCUT2D eigenvalue weighted by atomic mass is 9.83. The van der Waals surface area contributed by atoms with Crippen LogP contribution in [0.15, 0.2) is 39.9 Å². The summed E-state index contributed by atoms with van der Waals surface area (Å²) in [7, 11) is 1.85. The van der Waals surface area contributed by atoms with Crippen LogP contribution in [-0.2, 0) is 15.6 Å². The molecule has 5 nitrogen and oxygen atoms in total. The number of rotatable bonds is 4. The topological polar surface area (TPSA) is 60.9 Å². The summed E-state index contributed by atoms with van der Waals surface area (Å²) in [6, 6.07) is 7.21. The quantitative estimate of drug-likeness (QED) is 0.903. The van der Waals surface area contributed by atoms with Gasteiger partial charge in [0.2, 0.25) is 0 Å². The largest absolute Gasteiger partial charge is 0.380 e. The molecule has 7 heteroatoms. The third kappa shape index (κ3) is 2.65. The fourth-order valence-corrected chi connectivity index (χ4v) is 5.95. The number of benzene rings is 1. The Morgan fingerprint density at radius 2 is 1.92 bits per heavy atom. The smallest absolute Gasteiger partial charge is 0.265 e. The van der Waals surface area contributed by atoms with Crippen molar-refractivity contribution in [3.63, 3.8) is 0 Å². The Bertz CT molecular complexity index is 845. The monoisotopic (exact) mass is 366 g/mol. The molecule has 24 heavy (non-hydrogen) atoms. The molecule has 2 aromatic rings. The Labute approximate surface area is 147 Å². The molecule has 2 heterocycles. The Hall–Kier alpha value is -1.41. The highest BCUT2D eigenvalue weighted by Gasteiger charge is 2.43. The van der Waals surface area contributed by atoms with E-state index in [-0.39, 0.29) is 4.90 Å². The maximum absolute atomic E-state index is 12.9. The molecule has 1 unspecified atom stereocenters. The molecule has 3 rings (SSSR count). The van der Waals surface area contributed by atoms with Crippen molar-refractivity contribution >= 4 is 27.0 Å². The number of aliphatic hydroxyl groups is 1. The first-order valence-corrected chi connectivity index (χ1v) is 10.2. The molecule has 0 amide bonds. The average molecular weight is 367 g/mol. The molecule has 0 spiro atoms. The second-order valence-electron chi connectivity index (χ2n) is 6.41. The van der Waals surface area contributed by atoms with Crippen molar-refractivity contribution in [1.82, 2.24) is 4.90 Å². The van der Waals surface area contributed by atoms with Gasteiger partial charge in [-0.25, -0.2) is 8.42 Å². The Morgan fingerprint density at radius 3 is 2.62 bits per heavy atom. The number of para-hydroxylation sites is 1. The summed E-state index contributed by atoms with van der Waals surface area (Å²) in [5.41, 5.74) is 0.362. The predicted molar refractivity (Wildman–Crippen MR) is 97.1 cm³/mol. The summed E-state index contributed by atoms with van der Waals surface area (Å²) in [4.78, 5) is 2.27. The summed E-state index contributed by atoms with van der Waals surface area (Å²) in [6.07, 6.45) is 1.23. The minimum Gasteiger partial charge on any atom is -0.380 e. The van der Waals surface area contributed by atoms with E-state index in [4.69, 9.17) is 0 Å². The third-order valence-corrected chi connectivity index (χ3v) is 7.25. The van der Waals surface area contributed by atoms with E-state index >= 15 is 0 Å². The van der Waals surface area contributed by atoms with E-state index < -0.39 is 15.6 Å². The van der Waals surface area contributed by atoms with E-state index in [2.05, 4.69) is 4.90 Å². The lowest BCUT2D eigenvalue weighted by Gasteiger charge is -2.30. The molecular weight excluding hydrogens is 344 g/mol. The first-order valence-electron chi connectivity index (χ1n) is 7.80. The van der Waals surface area contributed by atoms with Crippen LogP contribution in [0.25, 0.3) is 0 Å². The van der Waals surface area contributed by atoms with Crippen LogP contribution in [0, 0.1) is 0 Å². The minimum absolute atomic E-state index is 0.207. The van der Waals surface area contributed by atoms with Crippen LogP contribution in [0.4, 0.5) is 5.69 Å². The van der Waals surface area contributed by atoms with Crippen LogP contribution in [0.3, 0.4) is 0 Å². The van der Waals surface area contributed by atoms with Gasteiger partial charge in [0.15, 0.2) is 0 Å². The molecule has 0 saturated heterocycles. The lowest BCUT2D eigenvalue weighted by Crippen LogP contribution is -2.29. The van der Waals surface area contributed by atoms with E-state index in [9.17, 15) is 13.5 Å². The van der Waals surface area contributed by atoms with Crippen LogP contribution >= 0.6 is 11.3 Å². The number of hydrogen-bond acceptors (Lipinski definition) is 5. The molecule has 1 atom stereocenters. The highest BCUT2D eigenvalue weighted by Crippen LogP contribution is 2.47. The van der Waals surface area contributed by atoms with Gasteiger partial charge in [0.05, 0.1) is 5.69 Å². The van der Waals surface area contributed by atoms with Gasteiger partial charge in [-0.3, -0.25) is 4.31 Å². The fourth-order valence-electron chi connectivity index (χ4n) is 3.23. The minimum atomic E-state index is -3.67. The second-order valence-corrected chi connectivity index (χ2v) is 9.09. The van der Waals surface area contributed by atoms with Crippen molar-refractivity contribution in [2.75, 3.05) is 32.0 Å². The number of fused-ring (bicyclic) bond motifs is 2. The first-order chi connectivity index (χ1) is 11.3. The number of nitrogens with zero attached hydrogens (tertiary/aromatic N) is 2. The van der Waals surface area contributed by atoms with Crippen molar-refractivity contribution in [3.05, 3.63) is 46.2 Å². The Kier molecular flexibility index (Phi) is 4.46. The summed E-state index contributed by atoms with van der Waals surface area (Å²) in [6.45, 7) is 0.826. The van der Waals surface area contributed by atoms with Gasteiger partial charge in [-0.05, 0) is 44.9 Å². The third-order valence-electron chi connectivity index (χ3n) is 4.54. The number of sulfonamides is 1. The van der Waals surface area contributed by atoms with Gasteiger partial charge < -0.3 is 10.0 Å². The van der Waals surface area contributed by atoms with E-state index in [1.807, 2.05) is 26.2 Å². The highest BCUT2D eigenvalue weighted by molar-refractivity contribution is 7.93. The van der Waals surface area contributed by atoms with Crippen molar-refractivity contribution in [1.29, 1.82) is 0 Å². The van der Waals surface area contributed by atoms with Crippen LogP contribution < -0.4 is 4.31 Å². The number of hydrogen-bond donors (Lipinski definition) is 1. The van der Waals surface area contributed by atoms with Crippen LogP contribution in [0.5, 0.6) is 0 Å². The Balaban J connectivity index is 2.21. The summed E-state index contributed by atoms with van der Waals surface area (Å²) in [5.74, 6) is 0. The zero-order chi connectivity index (χ0) is 17.5. The fraction of sp³-hybridized carbons (Fsp3) is 0.412. The van der Waals surface area contributed by atoms with Gasteiger partial charge in [0.1, 0.15) is 10.5 Å². The SMILES string of the molecule is CN(C)CCCC1(O)c2ccccc2N(C)S(=O)(=O)c2cscc21. The zero-order valence-corrected chi connectivity index (χ0v) is 15.7. The van der Waals surface area contributed by atoms with Crippen LogP contribution in [0.1, 0.15) is 24.0 Å². The first kappa shape index (κ1) is 17.4. The molecule has 0 bridgehead atoms. The van der Waals surface area contributed by atoms with Crippen molar-refractivity contribution < 1.29 is 13.5 Å². The molecule has 0 radical (unpaired) electrons. The van der Waals surface area contributed by atoms with Gasteiger partial charge in [0, 0.05) is 23.6 Å². The summed E-state index contributed by atoms with van der Waals surface area (Å²) in [5, 5.41) is 15.0. The van der Waals surface area contributed by atoms with E-state index in [1.54, 1.807) is 29.9 Å². The molecule has 130 valence electrons. The van der Waals surface area contributed by atoms with E-state index in [0.29, 0.717) is 23.2 Å². The number of thiophene rings is 1. The molecular formula is C17H22N2O3S2. The second kappa shape index (κ2) is 6.15. The predicted octanol–water partition coefficient (Wildman–Crippen LogP) is 2.46. The molecule has 1 aliphatic rings. The summed E-state index contributed by atoms with van der Waals surface area (Å²) < 4.78 is 27.1. The van der Waals surface area contributed by atoms with Gasteiger partial charge >= 0.3 is 0 Å². The van der Waals surface area contributed by atoms with Crippen LogP contribution in [-0.4, -0.2) is 46.1 Å². The molecule has 1 aromatic carbocycles. The molecule has 1 aliphatic heterocycles. The maximum Gasteiger partial charge on any atom is 0.265 e. The van der Waals surface area contributed by atoms with Gasteiger partial charge in [0.25, 0.3) is 10.0 Å². The number of anilines is 1. The van der Waals surface area contributed by atoms with E-state index in [1.165, 1.54) is 15.6 Å². The average Bonchev–Trinajstić information content (AvgIpc) is 3.03. The van der Waals surface area contributed by atoms with Crippen LogP contribution in [0.2, 0.25) is 0 Å². The van der Waals surface area contributed by atoms with Gasteiger partial charge in [-0.2, -0.15) is 11.3 Å². The Morgan fingerprint density at radius 1 is 1.21 bits per heavy atom. The van der Waals surface area contributed by atoms with Crippen molar-refractivity contribution in [2.24, 2.45) is 0 Å². The molecule has 1 aromatic heterocycles. The standard InChI is InChI=1S/C17H22N2O3S2/c1-18(2)10-6-9-17(20)13-7-4-5-8-15(13)19(3)24(21,22)16-12-23-11-14(16)17/h4-5,7-8,11-12,20H,6,9-10H2,1-3H3. The maximum atomic E-state index is 12.9. The zero-order valence-electron chi connectivity index (χ0n) is 14.1.